The SMILES string of the molecule is O=C(NCc1cccnc1Oc1cccc(F)c1)c1ccc(S(=O)(=O)NCc2ccco2)cc1. The van der Waals surface area contributed by atoms with Gasteiger partial charge in [0.2, 0.25) is 15.9 Å². The summed E-state index contributed by atoms with van der Waals surface area (Å²) in [7, 11) is -3.77. The monoisotopic (exact) mass is 481 g/mol. The fourth-order valence-corrected chi connectivity index (χ4v) is 4.01. The number of furan rings is 1. The van der Waals surface area contributed by atoms with Gasteiger partial charge in [0, 0.05) is 29.9 Å². The number of nitrogens with one attached hydrogen (secondary N) is 2. The smallest absolute Gasteiger partial charge is 0.251 e. The van der Waals surface area contributed by atoms with Gasteiger partial charge in [0.05, 0.1) is 17.7 Å². The second kappa shape index (κ2) is 10.3. The van der Waals surface area contributed by atoms with Gasteiger partial charge in [-0.25, -0.2) is 22.5 Å². The quantitative estimate of drug-likeness (QED) is 0.374. The predicted octanol–water partition coefficient (Wildman–Crippen LogP) is 4.01. The molecule has 2 N–H and O–H groups in total. The van der Waals surface area contributed by atoms with E-state index < -0.39 is 21.7 Å². The number of sulfonamides is 1. The number of rotatable bonds is 9. The minimum Gasteiger partial charge on any atom is -0.468 e. The van der Waals surface area contributed by atoms with E-state index >= 15 is 0 Å². The Kier molecular flexibility index (Phi) is 7.00. The van der Waals surface area contributed by atoms with Gasteiger partial charge in [0.15, 0.2) is 0 Å². The van der Waals surface area contributed by atoms with E-state index in [1.165, 1.54) is 54.9 Å². The van der Waals surface area contributed by atoms with Crippen LogP contribution < -0.4 is 14.8 Å². The lowest BCUT2D eigenvalue weighted by Crippen LogP contribution is -2.24. The molecule has 174 valence electrons. The molecule has 10 heteroatoms. The van der Waals surface area contributed by atoms with Crippen LogP contribution in [0.3, 0.4) is 0 Å². The molecule has 2 heterocycles. The van der Waals surface area contributed by atoms with Crippen LogP contribution in [0.15, 0.2) is 94.6 Å². The van der Waals surface area contributed by atoms with Crippen molar-refractivity contribution in [3.8, 4) is 11.6 Å². The normalized spacial score (nSPS) is 11.2. The van der Waals surface area contributed by atoms with Crippen LogP contribution in [0.1, 0.15) is 21.7 Å². The van der Waals surface area contributed by atoms with E-state index in [9.17, 15) is 17.6 Å². The standard InChI is InChI=1S/C24H20FN3O5S/c25-19-5-1-6-20(14-19)33-24-18(4-2-12-26-24)15-27-23(29)17-8-10-22(11-9-17)34(30,31)28-16-21-7-3-13-32-21/h1-14,28H,15-16H2,(H,27,29). The Balaban J connectivity index is 1.38. The Morgan fingerprint density at radius 2 is 1.82 bits per heavy atom. The van der Waals surface area contributed by atoms with Gasteiger partial charge in [-0.2, -0.15) is 0 Å². The molecule has 0 radical (unpaired) electrons. The predicted molar refractivity (Wildman–Crippen MR) is 121 cm³/mol. The molecule has 8 nitrogen and oxygen atoms in total. The highest BCUT2D eigenvalue weighted by Gasteiger charge is 2.16. The molecule has 2 aromatic carbocycles. The maximum absolute atomic E-state index is 13.4. The average molecular weight is 482 g/mol. The van der Waals surface area contributed by atoms with E-state index in [0.717, 1.165) is 0 Å². The summed E-state index contributed by atoms with van der Waals surface area (Å²) in [6.45, 7) is 0.116. The number of pyridine rings is 1. The number of carbonyl (C=O) groups excluding carboxylic acids is 1. The maximum atomic E-state index is 13.4. The number of benzene rings is 2. The number of carbonyl (C=O) groups is 1. The highest BCUT2D eigenvalue weighted by Crippen LogP contribution is 2.23. The van der Waals surface area contributed by atoms with Crippen molar-refractivity contribution in [1.82, 2.24) is 15.0 Å². The van der Waals surface area contributed by atoms with Gasteiger partial charge in [-0.1, -0.05) is 12.1 Å². The number of aromatic nitrogens is 1. The zero-order valence-electron chi connectivity index (χ0n) is 17.8. The Morgan fingerprint density at radius 1 is 1.00 bits per heavy atom. The van der Waals surface area contributed by atoms with Gasteiger partial charge in [-0.05, 0) is 54.6 Å². The molecule has 0 saturated heterocycles. The zero-order chi connectivity index (χ0) is 24.0. The van der Waals surface area contributed by atoms with Crippen molar-refractivity contribution in [2.75, 3.05) is 0 Å². The van der Waals surface area contributed by atoms with Gasteiger partial charge in [0.25, 0.3) is 5.91 Å². The largest absolute Gasteiger partial charge is 0.468 e. The van der Waals surface area contributed by atoms with Crippen molar-refractivity contribution in [2.24, 2.45) is 0 Å². The Morgan fingerprint density at radius 3 is 2.56 bits per heavy atom. The fourth-order valence-electron chi connectivity index (χ4n) is 3.02. The molecule has 0 aliphatic heterocycles. The van der Waals surface area contributed by atoms with Crippen LogP contribution >= 0.6 is 0 Å². The molecule has 2 aromatic heterocycles. The average Bonchev–Trinajstić information content (AvgIpc) is 3.36. The summed E-state index contributed by atoms with van der Waals surface area (Å²) in [5, 5.41) is 2.74. The lowest BCUT2D eigenvalue weighted by atomic mass is 10.2. The second-order valence-electron chi connectivity index (χ2n) is 7.14. The minimum absolute atomic E-state index is 0.0166. The number of nitrogens with zero attached hydrogens (tertiary/aromatic N) is 1. The van der Waals surface area contributed by atoms with Gasteiger partial charge in [0.1, 0.15) is 17.3 Å². The van der Waals surface area contributed by atoms with Crippen LogP contribution in [-0.4, -0.2) is 19.3 Å². The third-order valence-electron chi connectivity index (χ3n) is 4.74. The summed E-state index contributed by atoms with van der Waals surface area (Å²) in [5.41, 5.74) is 0.864. The molecular weight excluding hydrogens is 461 g/mol. The first kappa shape index (κ1) is 23.1. The molecule has 0 bridgehead atoms. The van der Waals surface area contributed by atoms with Crippen molar-refractivity contribution < 1.29 is 26.8 Å². The summed E-state index contributed by atoms with van der Waals surface area (Å²) in [5.74, 6) is 0.148. The lowest BCUT2D eigenvalue weighted by molar-refractivity contribution is 0.0950. The van der Waals surface area contributed by atoms with Gasteiger partial charge >= 0.3 is 0 Å². The summed E-state index contributed by atoms with van der Waals surface area (Å²) in [4.78, 5) is 16.7. The number of halogens is 1. The second-order valence-corrected chi connectivity index (χ2v) is 8.91. The van der Waals surface area contributed by atoms with Crippen LogP contribution in [0.4, 0.5) is 4.39 Å². The summed E-state index contributed by atoms with van der Waals surface area (Å²) >= 11 is 0. The molecule has 0 aliphatic rings. The third-order valence-corrected chi connectivity index (χ3v) is 6.16. The van der Waals surface area contributed by atoms with Crippen LogP contribution in [0.25, 0.3) is 0 Å². The van der Waals surface area contributed by atoms with Gasteiger partial charge < -0.3 is 14.5 Å². The van der Waals surface area contributed by atoms with E-state index in [1.54, 1.807) is 30.3 Å². The van der Waals surface area contributed by atoms with Crippen LogP contribution in [0.2, 0.25) is 0 Å². The Bertz CT molecular complexity index is 1370. The topological polar surface area (TPSA) is 111 Å². The Hall–Kier alpha value is -4.02. The van der Waals surface area contributed by atoms with Gasteiger partial charge in [-0.3, -0.25) is 4.79 Å². The molecule has 4 rings (SSSR count). The molecule has 0 saturated carbocycles. The van der Waals surface area contributed by atoms with E-state index in [2.05, 4.69) is 15.0 Å². The molecule has 34 heavy (non-hydrogen) atoms. The molecule has 0 fully saturated rings. The van der Waals surface area contributed by atoms with Crippen molar-refractivity contribution in [1.29, 1.82) is 0 Å². The molecular formula is C24H20FN3O5S. The summed E-state index contributed by atoms with van der Waals surface area (Å²) in [6.07, 6.45) is 2.98. The highest BCUT2D eigenvalue weighted by atomic mass is 32.2. The van der Waals surface area contributed by atoms with Crippen LogP contribution in [0.5, 0.6) is 11.6 Å². The third kappa shape index (κ3) is 5.85. The van der Waals surface area contributed by atoms with Crippen LogP contribution in [-0.2, 0) is 23.1 Å². The van der Waals surface area contributed by atoms with Crippen molar-refractivity contribution in [3.63, 3.8) is 0 Å². The summed E-state index contributed by atoms with van der Waals surface area (Å²) < 4.78 is 51.5. The first-order chi connectivity index (χ1) is 16.4. The number of ether oxygens (including phenoxy) is 1. The van der Waals surface area contributed by atoms with E-state index in [-0.39, 0.29) is 35.2 Å². The highest BCUT2D eigenvalue weighted by molar-refractivity contribution is 7.89. The van der Waals surface area contributed by atoms with Crippen molar-refractivity contribution in [2.45, 2.75) is 18.0 Å². The number of amides is 1. The van der Waals surface area contributed by atoms with Crippen molar-refractivity contribution >= 4 is 15.9 Å². The number of hydrogen-bond donors (Lipinski definition) is 2. The Labute approximate surface area is 195 Å². The van der Waals surface area contributed by atoms with Crippen LogP contribution in [0, 0.1) is 5.82 Å². The zero-order valence-corrected chi connectivity index (χ0v) is 18.6. The minimum atomic E-state index is -3.77. The maximum Gasteiger partial charge on any atom is 0.251 e. The molecule has 0 spiro atoms. The molecule has 0 unspecified atom stereocenters. The first-order valence-corrected chi connectivity index (χ1v) is 11.7. The number of hydrogen-bond acceptors (Lipinski definition) is 6. The molecule has 0 atom stereocenters. The van der Waals surface area contributed by atoms with Gasteiger partial charge in [-0.15, -0.1) is 0 Å². The summed E-state index contributed by atoms with van der Waals surface area (Å²) in [6, 6.07) is 17.9. The fraction of sp³-hybridized carbons (Fsp3) is 0.0833. The lowest BCUT2D eigenvalue weighted by Gasteiger charge is -2.11. The molecule has 1 amide bonds. The molecule has 0 aliphatic carbocycles. The van der Waals surface area contributed by atoms with E-state index in [0.29, 0.717) is 11.3 Å². The van der Waals surface area contributed by atoms with E-state index in [1.807, 2.05) is 0 Å². The van der Waals surface area contributed by atoms with Crippen molar-refractivity contribution in [3.05, 3.63) is 108 Å². The van der Waals surface area contributed by atoms with E-state index in [4.69, 9.17) is 9.15 Å². The first-order valence-electron chi connectivity index (χ1n) is 10.2. The molecule has 4 aromatic rings.